The molecule has 0 radical (unpaired) electrons. The second-order valence-electron chi connectivity index (χ2n) is 11.7. The molecule has 0 aliphatic carbocycles. The van der Waals surface area contributed by atoms with Crippen LogP contribution in [-0.2, 0) is 18.9 Å². The Hall–Kier alpha value is -5.29. The summed E-state index contributed by atoms with van der Waals surface area (Å²) in [6, 6.07) is 28.6. The van der Waals surface area contributed by atoms with E-state index in [1.54, 1.807) is 103 Å². The minimum absolute atomic E-state index is 0.114. The van der Waals surface area contributed by atoms with Crippen molar-refractivity contribution in [3.8, 4) is 0 Å². The first-order valence-electron chi connectivity index (χ1n) is 16.2. The van der Waals surface area contributed by atoms with Gasteiger partial charge in [-0.25, -0.2) is 29.3 Å². The summed E-state index contributed by atoms with van der Waals surface area (Å²) in [5.74, 6) is -2.50. The number of halogens is 3. The molecule has 1 N–H and O–H groups in total. The van der Waals surface area contributed by atoms with Gasteiger partial charge in [-0.2, -0.15) is 0 Å². The lowest BCUT2D eigenvalue weighted by Crippen LogP contribution is -2.41. The van der Waals surface area contributed by atoms with E-state index in [4.69, 9.17) is 18.9 Å². The normalized spacial score (nSPS) is 17.8. The number of benzene rings is 4. The number of anilines is 1. The predicted molar refractivity (Wildman–Crippen MR) is 205 cm³/mol. The van der Waals surface area contributed by atoms with Crippen LogP contribution in [0.4, 0.5) is 5.82 Å². The van der Waals surface area contributed by atoms with Crippen LogP contribution in [0, 0.1) is 0 Å². The second kappa shape index (κ2) is 16.4. The number of amides is 1. The lowest BCUT2D eigenvalue weighted by atomic mass is 10.1. The van der Waals surface area contributed by atoms with Crippen LogP contribution < -0.4 is 5.32 Å². The Morgan fingerprint density at radius 1 is 0.667 bits per heavy atom. The molecule has 16 heteroatoms. The molecule has 1 aliphatic heterocycles. The third-order valence-corrected chi connectivity index (χ3v) is 10.4. The molecule has 272 valence electrons. The third-order valence-electron chi connectivity index (χ3n) is 8.33. The summed E-state index contributed by atoms with van der Waals surface area (Å²) in [5.41, 5.74) is 1.44. The van der Waals surface area contributed by atoms with Crippen molar-refractivity contribution in [2.24, 2.45) is 0 Å². The summed E-state index contributed by atoms with van der Waals surface area (Å²) in [7, 11) is 0. The highest BCUT2D eigenvalue weighted by Crippen LogP contribution is 2.38. The van der Waals surface area contributed by atoms with Gasteiger partial charge in [0, 0.05) is 19.0 Å². The second-order valence-corrected chi connectivity index (χ2v) is 14.3. The van der Waals surface area contributed by atoms with Crippen LogP contribution in [0.1, 0.15) is 47.7 Å². The van der Waals surface area contributed by atoms with Crippen LogP contribution in [0.5, 0.6) is 0 Å². The number of carbonyl (C=O) groups excluding carboxylic acids is 4. The molecule has 3 heterocycles. The molecule has 54 heavy (non-hydrogen) atoms. The van der Waals surface area contributed by atoms with Gasteiger partial charge in [0.1, 0.15) is 19.0 Å². The number of nitrogens with zero attached hydrogens (tertiary/aromatic N) is 4. The van der Waals surface area contributed by atoms with E-state index in [1.165, 1.54) is 17.2 Å². The Balaban J connectivity index is 1.27. The van der Waals surface area contributed by atoms with Crippen molar-refractivity contribution in [3.63, 3.8) is 0 Å². The molecule has 7 rings (SSSR count). The molecular formula is C38H26Br3N5O8. The topological polar surface area (TPSA) is 161 Å². The van der Waals surface area contributed by atoms with Gasteiger partial charge in [0.25, 0.3) is 5.91 Å². The van der Waals surface area contributed by atoms with E-state index in [0.717, 1.165) is 0 Å². The molecule has 0 spiro atoms. The molecule has 1 amide bonds. The molecule has 0 unspecified atom stereocenters. The lowest BCUT2D eigenvalue weighted by Gasteiger charge is -2.25. The fraction of sp³-hybridized carbons (Fsp3) is 0.132. The fourth-order valence-electron chi connectivity index (χ4n) is 5.72. The zero-order chi connectivity index (χ0) is 37.8. The third kappa shape index (κ3) is 7.82. The van der Waals surface area contributed by atoms with E-state index >= 15 is 0 Å². The SMILES string of the molecule is O=C(Nc1ncnc2c1ncn2[C@H]1O[C@@H](COC(=O)c2ccccc2Br)[C@@H](OC(=O)c2ccccc2Br)[C@@H]1OC(=O)c1ccccc1Br)c1ccccc1. The molecule has 4 atom stereocenters. The van der Waals surface area contributed by atoms with Crippen LogP contribution in [0.2, 0.25) is 0 Å². The average molecular weight is 920 g/mol. The summed E-state index contributed by atoms with van der Waals surface area (Å²) in [4.78, 5) is 67.0. The van der Waals surface area contributed by atoms with E-state index in [-0.39, 0.29) is 33.7 Å². The van der Waals surface area contributed by atoms with Crippen molar-refractivity contribution < 1.29 is 38.1 Å². The maximum Gasteiger partial charge on any atom is 0.339 e. The number of imidazole rings is 1. The van der Waals surface area contributed by atoms with Crippen molar-refractivity contribution in [1.29, 1.82) is 0 Å². The molecule has 1 saturated heterocycles. The van der Waals surface area contributed by atoms with Gasteiger partial charge in [-0.15, -0.1) is 0 Å². The highest BCUT2D eigenvalue weighted by Gasteiger charge is 2.52. The zero-order valence-electron chi connectivity index (χ0n) is 27.7. The monoisotopic (exact) mass is 917 g/mol. The van der Waals surface area contributed by atoms with Crippen LogP contribution in [0.3, 0.4) is 0 Å². The first-order chi connectivity index (χ1) is 26.2. The standard InChI is InChI=1S/C38H26Br3N5O8/c39-25-15-7-4-12-22(25)36(48)51-18-28-30(53-37(49)23-13-5-8-16-26(23)40)31(54-38(50)24-14-6-9-17-27(24)41)35(52-28)46-20-44-29-32(42-19-43-33(29)46)45-34(47)21-10-2-1-3-11-21/h1-17,19-20,28,30-31,35H,18H2,(H,42,43,45,47)/t28-,30+,31-,35-/m0/s1. The first-order valence-corrected chi connectivity index (χ1v) is 18.6. The van der Waals surface area contributed by atoms with Crippen molar-refractivity contribution in [3.05, 3.63) is 151 Å². The molecule has 6 aromatic rings. The molecule has 2 aromatic heterocycles. The average Bonchev–Trinajstić information content (AvgIpc) is 3.76. The Kier molecular flexibility index (Phi) is 11.2. The van der Waals surface area contributed by atoms with Crippen LogP contribution in [0.25, 0.3) is 11.2 Å². The Labute approximate surface area is 332 Å². The van der Waals surface area contributed by atoms with Crippen LogP contribution in [-0.4, -0.2) is 68.3 Å². The van der Waals surface area contributed by atoms with Crippen molar-refractivity contribution in [1.82, 2.24) is 19.5 Å². The Morgan fingerprint density at radius 3 is 1.80 bits per heavy atom. The number of hydrogen-bond acceptors (Lipinski definition) is 11. The van der Waals surface area contributed by atoms with Gasteiger partial charge in [-0.3, -0.25) is 9.36 Å². The molecular weight excluding hydrogens is 894 g/mol. The van der Waals surface area contributed by atoms with E-state index < -0.39 is 55.0 Å². The summed E-state index contributed by atoms with van der Waals surface area (Å²) in [6.45, 7) is -0.409. The van der Waals surface area contributed by atoms with Crippen LogP contribution >= 0.6 is 47.8 Å². The van der Waals surface area contributed by atoms with Crippen molar-refractivity contribution in [2.45, 2.75) is 24.5 Å². The number of esters is 3. The predicted octanol–water partition coefficient (Wildman–Crippen LogP) is 7.57. The maximum atomic E-state index is 13.8. The summed E-state index contributed by atoms with van der Waals surface area (Å²) >= 11 is 10.2. The Morgan fingerprint density at radius 2 is 1.20 bits per heavy atom. The maximum absolute atomic E-state index is 13.8. The number of carbonyl (C=O) groups is 4. The zero-order valence-corrected chi connectivity index (χ0v) is 32.4. The highest BCUT2D eigenvalue weighted by molar-refractivity contribution is 9.11. The number of nitrogens with one attached hydrogen (secondary N) is 1. The minimum Gasteiger partial charge on any atom is -0.459 e. The Bertz CT molecular complexity index is 2380. The number of fused-ring (bicyclic) bond motifs is 1. The minimum atomic E-state index is -1.35. The smallest absolute Gasteiger partial charge is 0.339 e. The van der Waals surface area contributed by atoms with Gasteiger partial charge in [0.15, 0.2) is 35.4 Å². The molecule has 4 aromatic carbocycles. The van der Waals surface area contributed by atoms with Gasteiger partial charge in [0.2, 0.25) is 0 Å². The molecule has 0 bridgehead atoms. The quantitative estimate of drug-likeness (QED) is 0.107. The van der Waals surface area contributed by atoms with Gasteiger partial charge in [-0.05, 0) is 96.3 Å². The molecule has 0 saturated carbocycles. The largest absolute Gasteiger partial charge is 0.459 e. The van der Waals surface area contributed by atoms with Crippen LogP contribution in [0.15, 0.2) is 129 Å². The summed E-state index contributed by atoms with van der Waals surface area (Å²) in [5, 5.41) is 2.76. The van der Waals surface area contributed by atoms with E-state index in [1.807, 2.05) is 0 Å². The van der Waals surface area contributed by atoms with E-state index in [2.05, 4.69) is 68.1 Å². The molecule has 1 fully saturated rings. The summed E-state index contributed by atoms with van der Waals surface area (Å²) in [6.07, 6.45) is -2.47. The number of ether oxygens (including phenoxy) is 4. The number of rotatable bonds is 10. The van der Waals surface area contributed by atoms with Gasteiger partial charge < -0.3 is 24.3 Å². The van der Waals surface area contributed by atoms with E-state index in [0.29, 0.717) is 19.0 Å². The van der Waals surface area contributed by atoms with Gasteiger partial charge in [0.05, 0.1) is 23.0 Å². The number of hydrogen-bond donors (Lipinski definition) is 1. The fourth-order valence-corrected chi connectivity index (χ4v) is 7.06. The highest BCUT2D eigenvalue weighted by atomic mass is 79.9. The first kappa shape index (κ1) is 37.0. The summed E-state index contributed by atoms with van der Waals surface area (Å²) < 4.78 is 27.3. The van der Waals surface area contributed by atoms with E-state index in [9.17, 15) is 19.2 Å². The molecule has 13 nitrogen and oxygen atoms in total. The van der Waals surface area contributed by atoms with Gasteiger partial charge in [-0.1, -0.05) is 54.6 Å². The lowest BCUT2D eigenvalue weighted by molar-refractivity contribution is -0.0606. The number of aromatic nitrogens is 4. The molecule has 1 aliphatic rings. The van der Waals surface area contributed by atoms with Crippen molar-refractivity contribution in [2.75, 3.05) is 11.9 Å². The van der Waals surface area contributed by atoms with Gasteiger partial charge >= 0.3 is 17.9 Å². The van der Waals surface area contributed by atoms with Crippen molar-refractivity contribution >= 4 is 88.6 Å².